The number of imidazole rings is 1. The topological polar surface area (TPSA) is 90.5 Å². The molecule has 8 nitrogen and oxygen atoms in total. The Morgan fingerprint density at radius 1 is 1.03 bits per heavy atom. The highest BCUT2D eigenvalue weighted by Gasteiger charge is 2.18. The number of carbonyl (C=O) groups is 1. The van der Waals surface area contributed by atoms with Gasteiger partial charge in [-0.15, -0.1) is 0 Å². The first-order valence-electron chi connectivity index (χ1n) is 11.2. The normalized spacial score (nSPS) is 11.1. The first kappa shape index (κ1) is 23.4. The lowest BCUT2D eigenvalue weighted by Gasteiger charge is -2.08. The lowest BCUT2D eigenvalue weighted by Crippen LogP contribution is -2.31. The van der Waals surface area contributed by atoms with E-state index in [9.17, 15) is 14.0 Å². The number of aromatic nitrogens is 4. The second-order valence-electron chi connectivity index (χ2n) is 8.07. The van der Waals surface area contributed by atoms with Gasteiger partial charge in [-0.3, -0.25) is 14.0 Å². The van der Waals surface area contributed by atoms with Gasteiger partial charge >= 0.3 is 0 Å². The Balaban J connectivity index is 1.27. The van der Waals surface area contributed by atoms with Gasteiger partial charge in [0, 0.05) is 35.6 Å². The molecule has 0 atom stereocenters. The van der Waals surface area contributed by atoms with Crippen molar-refractivity contribution in [2.45, 2.75) is 13.5 Å². The van der Waals surface area contributed by atoms with E-state index in [4.69, 9.17) is 4.74 Å². The van der Waals surface area contributed by atoms with E-state index in [1.165, 1.54) is 34.2 Å². The van der Waals surface area contributed by atoms with Crippen molar-refractivity contribution >= 4 is 22.2 Å². The minimum atomic E-state index is -0.344. The smallest absolute Gasteiger partial charge is 0.266 e. The fourth-order valence-electron chi connectivity index (χ4n) is 3.80. The zero-order valence-corrected chi connectivity index (χ0v) is 20.4. The van der Waals surface area contributed by atoms with E-state index < -0.39 is 0 Å². The minimum Gasteiger partial charge on any atom is -0.497 e. The quantitative estimate of drug-likeness (QED) is 0.360. The van der Waals surface area contributed by atoms with E-state index >= 15 is 0 Å². The van der Waals surface area contributed by atoms with Crippen molar-refractivity contribution in [1.82, 2.24) is 24.5 Å². The summed E-state index contributed by atoms with van der Waals surface area (Å²) in [7, 11) is 1.62. The molecule has 0 bridgehead atoms. The van der Waals surface area contributed by atoms with Crippen LogP contribution >= 0.6 is 11.3 Å². The highest BCUT2D eigenvalue weighted by Crippen LogP contribution is 2.28. The largest absolute Gasteiger partial charge is 0.497 e. The number of hydrogen-bond acceptors (Lipinski definition) is 6. The van der Waals surface area contributed by atoms with Crippen LogP contribution in [0, 0.1) is 12.7 Å². The molecule has 1 N–H and O–H groups in total. The van der Waals surface area contributed by atoms with E-state index in [0.29, 0.717) is 21.1 Å². The standard InChI is InChI=1S/C26H22FN5O3S/c1-16-24(36-26-29-22(15-31(16)26)18-5-9-20(35-2)10-6-18)25(34)28-13-14-32-23(33)12-11-21(30-32)17-3-7-19(27)8-4-17/h3-12,15H,13-14H2,1-2H3,(H,28,34). The second kappa shape index (κ2) is 9.74. The van der Waals surface area contributed by atoms with Crippen LogP contribution in [0.1, 0.15) is 15.4 Å². The van der Waals surface area contributed by atoms with Gasteiger partial charge in [0.25, 0.3) is 11.5 Å². The predicted molar refractivity (Wildman–Crippen MR) is 136 cm³/mol. The van der Waals surface area contributed by atoms with Gasteiger partial charge in [-0.25, -0.2) is 14.1 Å². The van der Waals surface area contributed by atoms with Gasteiger partial charge in [-0.1, -0.05) is 11.3 Å². The predicted octanol–water partition coefficient (Wildman–Crippen LogP) is 4.17. The van der Waals surface area contributed by atoms with Crippen molar-refractivity contribution < 1.29 is 13.9 Å². The molecule has 5 rings (SSSR count). The van der Waals surface area contributed by atoms with Crippen molar-refractivity contribution in [2.24, 2.45) is 0 Å². The Hall–Kier alpha value is -4.31. The molecule has 0 spiro atoms. The molecule has 182 valence electrons. The van der Waals surface area contributed by atoms with Crippen LogP contribution in [0.5, 0.6) is 5.75 Å². The maximum atomic E-state index is 13.2. The van der Waals surface area contributed by atoms with Crippen LogP contribution < -0.4 is 15.6 Å². The first-order valence-corrected chi connectivity index (χ1v) is 12.0. The number of amides is 1. The molecule has 2 aromatic carbocycles. The minimum absolute atomic E-state index is 0.197. The summed E-state index contributed by atoms with van der Waals surface area (Å²) in [4.78, 5) is 31.0. The number of halogens is 1. The average molecular weight is 504 g/mol. The Morgan fingerprint density at radius 2 is 1.72 bits per heavy atom. The van der Waals surface area contributed by atoms with Crippen molar-refractivity contribution in [3.63, 3.8) is 0 Å². The molecule has 1 amide bonds. The Kier molecular flexibility index (Phi) is 6.34. The summed E-state index contributed by atoms with van der Waals surface area (Å²) < 4.78 is 21.6. The number of hydrogen-bond donors (Lipinski definition) is 1. The number of carbonyl (C=O) groups excluding carboxylic acids is 1. The van der Waals surface area contributed by atoms with E-state index in [1.807, 2.05) is 41.8 Å². The van der Waals surface area contributed by atoms with Gasteiger partial charge in [-0.05, 0) is 61.5 Å². The van der Waals surface area contributed by atoms with E-state index in [-0.39, 0.29) is 30.4 Å². The lowest BCUT2D eigenvalue weighted by molar-refractivity contribution is 0.0955. The van der Waals surface area contributed by atoms with Crippen molar-refractivity contribution in [3.05, 3.63) is 93.6 Å². The van der Waals surface area contributed by atoms with Crippen LogP contribution in [0.2, 0.25) is 0 Å². The molecule has 0 aliphatic carbocycles. The van der Waals surface area contributed by atoms with Gasteiger partial charge in [0.15, 0.2) is 4.96 Å². The number of methoxy groups -OCH3 is 1. The van der Waals surface area contributed by atoms with Crippen LogP contribution in [0.25, 0.3) is 27.5 Å². The number of benzene rings is 2. The Morgan fingerprint density at radius 3 is 2.42 bits per heavy atom. The third kappa shape index (κ3) is 4.63. The summed E-state index contributed by atoms with van der Waals surface area (Å²) in [5.41, 5.74) is 3.51. The SMILES string of the molecule is COc1ccc(-c2cn3c(C)c(C(=O)NCCn4nc(-c5ccc(F)cc5)ccc4=O)sc3n2)cc1. The third-order valence-electron chi connectivity index (χ3n) is 5.76. The Bertz CT molecular complexity index is 1600. The molecule has 0 aliphatic heterocycles. The Labute approximate surface area is 209 Å². The molecule has 0 saturated carbocycles. The summed E-state index contributed by atoms with van der Waals surface area (Å²) in [6, 6.07) is 16.5. The zero-order chi connectivity index (χ0) is 25.2. The lowest BCUT2D eigenvalue weighted by atomic mass is 10.1. The molecule has 0 fully saturated rings. The molecular formula is C26H22FN5O3S. The van der Waals surface area contributed by atoms with Crippen molar-refractivity contribution in [2.75, 3.05) is 13.7 Å². The van der Waals surface area contributed by atoms with Crippen LogP contribution in [0.15, 0.2) is 71.7 Å². The fraction of sp³-hybridized carbons (Fsp3) is 0.154. The van der Waals surface area contributed by atoms with E-state index in [2.05, 4.69) is 15.4 Å². The molecular weight excluding hydrogens is 481 g/mol. The van der Waals surface area contributed by atoms with Crippen molar-refractivity contribution in [1.29, 1.82) is 0 Å². The molecule has 10 heteroatoms. The molecule has 0 aliphatic rings. The molecule has 0 unspecified atom stereocenters. The molecule has 0 radical (unpaired) electrons. The maximum absolute atomic E-state index is 13.2. The van der Waals surface area contributed by atoms with Crippen LogP contribution in [-0.4, -0.2) is 38.7 Å². The van der Waals surface area contributed by atoms with E-state index in [0.717, 1.165) is 22.7 Å². The van der Waals surface area contributed by atoms with Gasteiger partial charge in [0.2, 0.25) is 0 Å². The molecule has 3 aromatic heterocycles. The van der Waals surface area contributed by atoms with Crippen LogP contribution in [-0.2, 0) is 6.54 Å². The summed E-state index contributed by atoms with van der Waals surface area (Å²) >= 11 is 1.31. The number of aryl methyl sites for hydroxylation is 1. The summed E-state index contributed by atoms with van der Waals surface area (Å²) in [6.07, 6.45) is 1.91. The second-order valence-corrected chi connectivity index (χ2v) is 9.04. The monoisotopic (exact) mass is 503 g/mol. The van der Waals surface area contributed by atoms with Crippen molar-refractivity contribution in [3.8, 4) is 28.3 Å². The molecule has 3 heterocycles. The van der Waals surface area contributed by atoms with Gasteiger partial charge < -0.3 is 10.1 Å². The number of thiazole rings is 1. The van der Waals surface area contributed by atoms with E-state index in [1.54, 1.807) is 25.3 Å². The summed E-state index contributed by atoms with van der Waals surface area (Å²) in [5, 5.41) is 7.21. The summed E-state index contributed by atoms with van der Waals surface area (Å²) in [5.74, 6) is 0.189. The maximum Gasteiger partial charge on any atom is 0.266 e. The first-order chi connectivity index (χ1) is 17.4. The number of ether oxygens (including phenoxy) is 1. The third-order valence-corrected chi connectivity index (χ3v) is 6.92. The number of rotatable bonds is 7. The molecule has 0 saturated heterocycles. The number of nitrogens with zero attached hydrogens (tertiary/aromatic N) is 4. The average Bonchev–Trinajstić information content (AvgIpc) is 3.45. The number of nitrogens with one attached hydrogen (secondary N) is 1. The highest BCUT2D eigenvalue weighted by molar-refractivity contribution is 7.19. The molecule has 36 heavy (non-hydrogen) atoms. The van der Waals surface area contributed by atoms with Gasteiger partial charge in [0.1, 0.15) is 16.4 Å². The van der Waals surface area contributed by atoms with Crippen LogP contribution in [0.3, 0.4) is 0 Å². The van der Waals surface area contributed by atoms with Gasteiger partial charge in [0.05, 0.1) is 25.0 Å². The highest BCUT2D eigenvalue weighted by atomic mass is 32.1. The van der Waals surface area contributed by atoms with Crippen LogP contribution in [0.4, 0.5) is 4.39 Å². The fourth-order valence-corrected chi connectivity index (χ4v) is 4.83. The van der Waals surface area contributed by atoms with Gasteiger partial charge in [-0.2, -0.15) is 5.10 Å². The number of fused-ring (bicyclic) bond motifs is 1. The molecule has 5 aromatic rings. The zero-order valence-electron chi connectivity index (χ0n) is 19.6. The summed E-state index contributed by atoms with van der Waals surface area (Å²) in [6.45, 7) is 2.29.